The average Bonchev–Trinajstić information content (AvgIpc) is 2.13. The number of hydrogen-bond acceptors (Lipinski definition) is 1. The first-order chi connectivity index (χ1) is 6.57. The highest BCUT2D eigenvalue weighted by atomic mass is 35.5. The summed E-state index contributed by atoms with van der Waals surface area (Å²) < 4.78 is 0. The number of Topliss-reactive ketones (excluding diaryl/α,β-unsaturated/α-hetero) is 1. The Morgan fingerprint density at radius 1 is 1.43 bits per heavy atom. The Balaban J connectivity index is 3.18. The molecular weight excluding hydrogens is 238 g/mol. The molecule has 1 unspecified atom stereocenters. The molecule has 0 aromatic heterocycles. The van der Waals surface area contributed by atoms with Crippen LogP contribution in [0.1, 0.15) is 22.3 Å². The highest BCUT2D eigenvalue weighted by molar-refractivity contribution is 7.16. The first-order valence-electron chi connectivity index (χ1n) is 4.25. The largest absolute Gasteiger partial charge is 0.294 e. The van der Waals surface area contributed by atoms with E-state index < -0.39 is 0 Å². The van der Waals surface area contributed by atoms with Crippen LogP contribution < -0.4 is 0 Å². The van der Waals surface area contributed by atoms with Gasteiger partial charge in [0.2, 0.25) is 0 Å². The van der Waals surface area contributed by atoms with Gasteiger partial charge >= 0.3 is 0 Å². The summed E-state index contributed by atoms with van der Waals surface area (Å²) in [6.07, 6.45) is 1.17. The third-order valence-electron chi connectivity index (χ3n) is 1.93. The number of halogens is 2. The number of carbonyl (C=O) groups excluding carboxylic acids is 1. The van der Waals surface area contributed by atoms with E-state index in [0.29, 0.717) is 22.0 Å². The zero-order valence-corrected chi connectivity index (χ0v) is 10.5. The first kappa shape index (κ1) is 12.0. The smallest absolute Gasteiger partial charge is 0.166 e. The Bertz CT molecular complexity index is 363. The minimum absolute atomic E-state index is 0.00120. The van der Waals surface area contributed by atoms with Crippen molar-refractivity contribution in [1.82, 2.24) is 0 Å². The van der Waals surface area contributed by atoms with Gasteiger partial charge in [-0.05, 0) is 24.7 Å². The van der Waals surface area contributed by atoms with Crippen LogP contribution in [0.25, 0.3) is 0 Å². The molecule has 0 N–H and O–H groups in total. The van der Waals surface area contributed by atoms with Gasteiger partial charge in [0.1, 0.15) is 0 Å². The summed E-state index contributed by atoms with van der Waals surface area (Å²) in [5.41, 5.74) is 1.33. The summed E-state index contributed by atoms with van der Waals surface area (Å²) in [7, 11) is 2.51. The molecular formula is C10H11Cl2OP. The lowest BCUT2D eigenvalue weighted by Gasteiger charge is -2.07. The summed E-state index contributed by atoms with van der Waals surface area (Å²) in [6, 6.07) is 3.51. The van der Waals surface area contributed by atoms with Gasteiger partial charge in [0.05, 0.1) is 15.6 Å². The van der Waals surface area contributed by atoms with Gasteiger partial charge in [-0.3, -0.25) is 4.79 Å². The maximum atomic E-state index is 11.7. The quantitative estimate of drug-likeness (QED) is 0.589. The zero-order valence-electron chi connectivity index (χ0n) is 7.81. The molecule has 0 aliphatic rings. The van der Waals surface area contributed by atoms with Gasteiger partial charge in [0.15, 0.2) is 5.78 Å². The van der Waals surface area contributed by atoms with Crippen LogP contribution in [0, 0.1) is 6.92 Å². The predicted octanol–water partition coefficient (Wildman–Crippen LogP) is 3.75. The number of hydrogen-bond donors (Lipinski definition) is 0. The van der Waals surface area contributed by atoms with E-state index in [1.165, 1.54) is 0 Å². The maximum Gasteiger partial charge on any atom is 0.166 e. The monoisotopic (exact) mass is 248 g/mol. The SMILES string of the molecule is Cc1ccc(Cl)c(C(=O)CCP)c1Cl. The molecule has 0 spiro atoms. The van der Waals surface area contributed by atoms with Crippen LogP contribution in [0.4, 0.5) is 0 Å². The minimum atomic E-state index is -0.00120. The number of ketones is 1. The van der Waals surface area contributed by atoms with Crippen molar-refractivity contribution in [2.75, 3.05) is 6.16 Å². The van der Waals surface area contributed by atoms with E-state index >= 15 is 0 Å². The van der Waals surface area contributed by atoms with Crippen LogP contribution in [-0.4, -0.2) is 11.9 Å². The van der Waals surface area contributed by atoms with Gasteiger partial charge < -0.3 is 0 Å². The van der Waals surface area contributed by atoms with E-state index in [1.54, 1.807) is 6.07 Å². The summed E-state index contributed by atoms with van der Waals surface area (Å²) in [6.45, 7) is 1.86. The van der Waals surface area contributed by atoms with E-state index in [0.717, 1.165) is 11.7 Å². The fourth-order valence-corrected chi connectivity index (χ4v) is 2.01. The van der Waals surface area contributed by atoms with Crippen molar-refractivity contribution in [2.45, 2.75) is 13.3 Å². The lowest BCUT2D eigenvalue weighted by atomic mass is 10.1. The highest BCUT2D eigenvalue weighted by Crippen LogP contribution is 2.28. The molecule has 1 aromatic rings. The molecule has 76 valence electrons. The fraction of sp³-hybridized carbons (Fsp3) is 0.300. The second kappa shape index (κ2) is 5.11. The molecule has 0 aliphatic heterocycles. The fourth-order valence-electron chi connectivity index (χ4n) is 1.17. The topological polar surface area (TPSA) is 17.1 Å². The molecule has 0 aliphatic carbocycles. The van der Waals surface area contributed by atoms with E-state index in [2.05, 4.69) is 9.24 Å². The van der Waals surface area contributed by atoms with Crippen molar-refractivity contribution in [3.05, 3.63) is 33.3 Å². The third kappa shape index (κ3) is 2.48. The molecule has 0 saturated carbocycles. The molecule has 0 bridgehead atoms. The molecule has 1 nitrogen and oxygen atoms in total. The number of aryl methyl sites for hydroxylation is 1. The Kier molecular flexibility index (Phi) is 4.37. The number of rotatable bonds is 3. The van der Waals surface area contributed by atoms with Gasteiger partial charge in [-0.2, -0.15) is 0 Å². The van der Waals surface area contributed by atoms with Crippen LogP contribution in [0.2, 0.25) is 10.0 Å². The lowest BCUT2D eigenvalue weighted by molar-refractivity contribution is 0.0989. The van der Waals surface area contributed by atoms with Gasteiger partial charge in [-0.25, -0.2) is 0 Å². The van der Waals surface area contributed by atoms with Gasteiger partial charge in [-0.1, -0.05) is 29.3 Å². The van der Waals surface area contributed by atoms with Gasteiger partial charge in [0, 0.05) is 6.42 Å². The van der Waals surface area contributed by atoms with Gasteiger partial charge in [-0.15, -0.1) is 9.24 Å². The second-order valence-corrected chi connectivity index (χ2v) is 4.38. The normalized spacial score (nSPS) is 10.3. The molecule has 0 radical (unpaired) electrons. The van der Waals surface area contributed by atoms with Crippen LogP contribution in [0.5, 0.6) is 0 Å². The standard InChI is InChI=1S/C10H11Cl2OP/c1-6-2-3-7(11)9(10(6)12)8(13)4-5-14/h2-3H,4-5,14H2,1H3. The lowest BCUT2D eigenvalue weighted by Crippen LogP contribution is -2.02. The summed E-state index contributed by atoms with van der Waals surface area (Å²) in [5, 5.41) is 0.907. The van der Waals surface area contributed by atoms with Crippen molar-refractivity contribution >= 4 is 38.2 Å². The van der Waals surface area contributed by atoms with Crippen molar-refractivity contribution in [2.24, 2.45) is 0 Å². The molecule has 0 heterocycles. The Morgan fingerprint density at radius 3 is 2.64 bits per heavy atom. The minimum Gasteiger partial charge on any atom is -0.294 e. The van der Waals surface area contributed by atoms with E-state index in [4.69, 9.17) is 23.2 Å². The number of carbonyl (C=O) groups is 1. The van der Waals surface area contributed by atoms with Crippen molar-refractivity contribution < 1.29 is 4.79 Å². The van der Waals surface area contributed by atoms with E-state index in [1.807, 2.05) is 13.0 Å². The molecule has 1 rings (SSSR count). The van der Waals surface area contributed by atoms with Crippen LogP contribution in [0.15, 0.2) is 12.1 Å². The molecule has 14 heavy (non-hydrogen) atoms. The van der Waals surface area contributed by atoms with Crippen LogP contribution in [-0.2, 0) is 0 Å². The zero-order chi connectivity index (χ0) is 10.7. The van der Waals surface area contributed by atoms with Crippen molar-refractivity contribution in [1.29, 1.82) is 0 Å². The third-order valence-corrected chi connectivity index (χ3v) is 3.03. The van der Waals surface area contributed by atoms with E-state index in [9.17, 15) is 4.79 Å². The molecule has 1 aromatic carbocycles. The predicted molar refractivity (Wildman–Crippen MR) is 64.7 cm³/mol. The second-order valence-electron chi connectivity index (χ2n) is 3.02. The highest BCUT2D eigenvalue weighted by Gasteiger charge is 2.15. The van der Waals surface area contributed by atoms with Crippen LogP contribution >= 0.6 is 32.4 Å². The molecule has 1 atom stereocenters. The van der Waals surface area contributed by atoms with Crippen molar-refractivity contribution in [3.63, 3.8) is 0 Å². The van der Waals surface area contributed by atoms with Crippen LogP contribution in [0.3, 0.4) is 0 Å². The summed E-state index contributed by atoms with van der Waals surface area (Å²) in [5.74, 6) is -0.00120. The summed E-state index contributed by atoms with van der Waals surface area (Å²) >= 11 is 11.9. The molecule has 0 saturated heterocycles. The Labute approximate surface area is 96.0 Å². The van der Waals surface area contributed by atoms with E-state index in [-0.39, 0.29) is 5.78 Å². The summed E-state index contributed by atoms with van der Waals surface area (Å²) in [4.78, 5) is 11.7. The Hall–Kier alpha value is -0.100. The first-order valence-corrected chi connectivity index (χ1v) is 5.83. The number of benzene rings is 1. The maximum absolute atomic E-state index is 11.7. The van der Waals surface area contributed by atoms with Crippen molar-refractivity contribution in [3.8, 4) is 0 Å². The molecule has 4 heteroatoms. The molecule has 0 amide bonds. The Morgan fingerprint density at radius 2 is 2.07 bits per heavy atom. The average molecular weight is 249 g/mol. The molecule has 0 fully saturated rings. The van der Waals surface area contributed by atoms with Gasteiger partial charge in [0.25, 0.3) is 0 Å².